The van der Waals surface area contributed by atoms with E-state index in [0.717, 1.165) is 26.1 Å². The molecule has 2 unspecified atom stereocenters. The van der Waals surface area contributed by atoms with E-state index < -0.39 is 0 Å². The van der Waals surface area contributed by atoms with E-state index in [1.54, 1.807) is 7.11 Å². The molecular weight excluding hydrogens is 214 g/mol. The molecule has 1 saturated carbocycles. The second-order valence-corrected chi connectivity index (χ2v) is 5.21. The number of hydrogen-bond donors (Lipinski definition) is 1. The number of likely N-dealkylation sites (tertiary alicyclic amines) is 1. The van der Waals surface area contributed by atoms with Gasteiger partial charge in [-0.25, -0.2) is 0 Å². The Morgan fingerprint density at radius 3 is 2.94 bits per heavy atom. The van der Waals surface area contributed by atoms with Crippen molar-refractivity contribution in [3.8, 4) is 6.07 Å². The molecular formula is C13H23N3O. The molecule has 1 saturated heterocycles. The van der Waals surface area contributed by atoms with Gasteiger partial charge in [-0.2, -0.15) is 5.26 Å². The van der Waals surface area contributed by atoms with Gasteiger partial charge in [0.05, 0.1) is 18.2 Å². The summed E-state index contributed by atoms with van der Waals surface area (Å²) in [5.41, 5.74) is 0. The van der Waals surface area contributed by atoms with Crippen LogP contribution in [0.5, 0.6) is 0 Å². The molecule has 0 bridgehead atoms. The first-order valence-electron chi connectivity index (χ1n) is 6.72. The standard InChI is InChI=1S/C13H23N3O/c1-17-13-3-2-7-16(10-13)8-6-12(9-14)15-11-4-5-11/h11-13,15H,2-8,10H2,1H3. The fraction of sp³-hybridized carbons (Fsp3) is 0.923. The third kappa shape index (κ3) is 4.27. The summed E-state index contributed by atoms with van der Waals surface area (Å²) in [6.45, 7) is 3.19. The molecule has 2 atom stereocenters. The number of piperidine rings is 1. The Labute approximate surface area is 104 Å². The lowest BCUT2D eigenvalue weighted by molar-refractivity contribution is 0.0306. The van der Waals surface area contributed by atoms with Crippen LogP contribution in [0.1, 0.15) is 32.1 Å². The minimum Gasteiger partial charge on any atom is -0.380 e. The quantitative estimate of drug-likeness (QED) is 0.752. The summed E-state index contributed by atoms with van der Waals surface area (Å²) >= 11 is 0. The van der Waals surface area contributed by atoms with Crippen molar-refractivity contribution < 1.29 is 4.74 Å². The van der Waals surface area contributed by atoms with Gasteiger partial charge < -0.3 is 9.64 Å². The summed E-state index contributed by atoms with van der Waals surface area (Å²) in [5, 5.41) is 12.5. The average molecular weight is 237 g/mol. The molecule has 2 rings (SSSR count). The van der Waals surface area contributed by atoms with E-state index in [-0.39, 0.29) is 6.04 Å². The summed E-state index contributed by atoms with van der Waals surface area (Å²) in [6.07, 6.45) is 6.20. The normalized spacial score (nSPS) is 27.6. The Balaban J connectivity index is 1.67. The average Bonchev–Trinajstić information content (AvgIpc) is 3.18. The molecule has 96 valence electrons. The summed E-state index contributed by atoms with van der Waals surface area (Å²) in [7, 11) is 1.79. The van der Waals surface area contributed by atoms with Crippen LogP contribution in [-0.2, 0) is 4.74 Å². The Bertz CT molecular complexity index is 272. The number of methoxy groups -OCH3 is 1. The van der Waals surface area contributed by atoms with Gasteiger partial charge in [-0.15, -0.1) is 0 Å². The van der Waals surface area contributed by atoms with E-state index >= 15 is 0 Å². The second kappa shape index (κ2) is 6.34. The van der Waals surface area contributed by atoms with Crippen molar-refractivity contribution in [3.63, 3.8) is 0 Å². The number of nitriles is 1. The summed E-state index contributed by atoms with van der Waals surface area (Å²) in [5.74, 6) is 0. The van der Waals surface area contributed by atoms with Gasteiger partial charge in [0.25, 0.3) is 0 Å². The van der Waals surface area contributed by atoms with Gasteiger partial charge in [0.2, 0.25) is 0 Å². The third-order valence-corrected chi connectivity index (χ3v) is 3.70. The van der Waals surface area contributed by atoms with Crippen LogP contribution in [0, 0.1) is 11.3 Å². The monoisotopic (exact) mass is 237 g/mol. The van der Waals surface area contributed by atoms with Crippen molar-refractivity contribution >= 4 is 0 Å². The van der Waals surface area contributed by atoms with E-state index in [4.69, 9.17) is 10.00 Å². The van der Waals surface area contributed by atoms with E-state index in [9.17, 15) is 0 Å². The third-order valence-electron chi connectivity index (χ3n) is 3.70. The highest BCUT2D eigenvalue weighted by molar-refractivity contribution is 4.96. The fourth-order valence-electron chi connectivity index (χ4n) is 2.44. The second-order valence-electron chi connectivity index (χ2n) is 5.21. The van der Waals surface area contributed by atoms with Gasteiger partial charge in [-0.3, -0.25) is 5.32 Å². The highest BCUT2D eigenvalue weighted by atomic mass is 16.5. The highest BCUT2D eigenvalue weighted by Crippen LogP contribution is 2.20. The van der Waals surface area contributed by atoms with Gasteiger partial charge in [0.1, 0.15) is 0 Å². The predicted octanol–water partition coefficient (Wildman–Crippen LogP) is 1.13. The molecule has 17 heavy (non-hydrogen) atoms. The minimum atomic E-state index is 0.0328. The molecule has 0 aromatic carbocycles. The van der Waals surface area contributed by atoms with Crippen LogP contribution in [-0.4, -0.2) is 49.8 Å². The van der Waals surface area contributed by atoms with Crippen LogP contribution >= 0.6 is 0 Å². The zero-order chi connectivity index (χ0) is 12.1. The van der Waals surface area contributed by atoms with Crippen molar-refractivity contribution in [3.05, 3.63) is 0 Å². The Morgan fingerprint density at radius 1 is 1.47 bits per heavy atom. The summed E-state index contributed by atoms with van der Waals surface area (Å²) < 4.78 is 5.41. The molecule has 2 fully saturated rings. The maximum Gasteiger partial charge on any atom is 0.0967 e. The zero-order valence-corrected chi connectivity index (χ0v) is 10.7. The molecule has 0 spiro atoms. The van der Waals surface area contributed by atoms with Crippen LogP contribution in [0.15, 0.2) is 0 Å². The van der Waals surface area contributed by atoms with E-state index in [2.05, 4.69) is 16.3 Å². The maximum atomic E-state index is 9.07. The summed E-state index contributed by atoms with van der Waals surface area (Å²) in [6, 6.07) is 3.02. The number of nitrogens with one attached hydrogen (secondary N) is 1. The molecule has 0 aromatic rings. The largest absolute Gasteiger partial charge is 0.380 e. The lowest BCUT2D eigenvalue weighted by Gasteiger charge is -2.32. The van der Waals surface area contributed by atoms with Crippen molar-refractivity contribution in [1.82, 2.24) is 10.2 Å². The molecule has 0 aromatic heterocycles. The lowest BCUT2D eigenvalue weighted by atomic mass is 10.1. The van der Waals surface area contributed by atoms with Crippen LogP contribution < -0.4 is 5.32 Å². The molecule has 4 heteroatoms. The van der Waals surface area contributed by atoms with Gasteiger partial charge in [-0.05, 0) is 38.6 Å². The molecule has 0 radical (unpaired) electrons. The van der Waals surface area contributed by atoms with Gasteiger partial charge in [0.15, 0.2) is 0 Å². The maximum absolute atomic E-state index is 9.07. The molecule has 2 aliphatic rings. The predicted molar refractivity (Wildman–Crippen MR) is 66.6 cm³/mol. The number of nitrogens with zero attached hydrogens (tertiary/aromatic N) is 2. The van der Waals surface area contributed by atoms with Crippen molar-refractivity contribution in [2.45, 2.75) is 50.3 Å². The first kappa shape index (κ1) is 12.8. The van der Waals surface area contributed by atoms with Crippen LogP contribution in [0.2, 0.25) is 0 Å². The lowest BCUT2D eigenvalue weighted by Crippen LogP contribution is -2.42. The number of hydrogen-bond acceptors (Lipinski definition) is 4. The van der Waals surface area contributed by atoms with Crippen LogP contribution in [0.25, 0.3) is 0 Å². The minimum absolute atomic E-state index is 0.0328. The highest BCUT2D eigenvalue weighted by Gasteiger charge is 2.25. The first-order chi connectivity index (χ1) is 8.31. The molecule has 1 heterocycles. The van der Waals surface area contributed by atoms with Gasteiger partial charge in [-0.1, -0.05) is 0 Å². The first-order valence-corrected chi connectivity index (χ1v) is 6.72. The van der Waals surface area contributed by atoms with Crippen molar-refractivity contribution in [2.75, 3.05) is 26.7 Å². The van der Waals surface area contributed by atoms with Crippen LogP contribution in [0.4, 0.5) is 0 Å². The Morgan fingerprint density at radius 2 is 2.29 bits per heavy atom. The molecule has 1 aliphatic heterocycles. The smallest absolute Gasteiger partial charge is 0.0967 e. The Hall–Kier alpha value is -0.630. The zero-order valence-electron chi connectivity index (χ0n) is 10.7. The van der Waals surface area contributed by atoms with E-state index in [1.165, 1.54) is 25.7 Å². The number of ether oxygens (including phenoxy) is 1. The topological polar surface area (TPSA) is 48.3 Å². The van der Waals surface area contributed by atoms with E-state index in [1.807, 2.05) is 0 Å². The van der Waals surface area contributed by atoms with E-state index in [0.29, 0.717) is 12.1 Å². The van der Waals surface area contributed by atoms with Gasteiger partial charge >= 0.3 is 0 Å². The molecule has 1 N–H and O–H groups in total. The Kier molecular flexibility index (Phi) is 4.78. The van der Waals surface area contributed by atoms with Crippen molar-refractivity contribution in [1.29, 1.82) is 5.26 Å². The van der Waals surface area contributed by atoms with Crippen LogP contribution in [0.3, 0.4) is 0 Å². The number of rotatable bonds is 6. The van der Waals surface area contributed by atoms with Crippen molar-refractivity contribution in [2.24, 2.45) is 0 Å². The molecule has 0 amide bonds. The SMILES string of the molecule is COC1CCCN(CCC(C#N)NC2CC2)C1. The fourth-order valence-corrected chi connectivity index (χ4v) is 2.44. The summed E-state index contributed by atoms with van der Waals surface area (Å²) in [4.78, 5) is 2.43. The molecule has 1 aliphatic carbocycles. The van der Waals surface area contributed by atoms with Gasteiger partial charge in [0, 0.05) is 26.2 Å². The molecule has 4 nitrogen and oxygen atoms in total.